The Morgan fingerprint density at radius 1 is 0.935 bits per heavy atom. The van der Waals surface area contributed by atoms with E-state index >= 15 is 0 Å². The van der Waals surface area contributed by atoms with Gasteiger partial charge in [0.1, 0.15) is 0 Å². The monoisotopic (exact) mass is 451 g/mol. The molecule has 2 aliphatic heterocycles. The van der Waals surface area contributed by atoms with Gasteiger partial charge in [-0.05, 0) is 56.7 Å². The maximum absolute atomic E-state index is 12.9. The van der Waals surface area contributed by atoms with E-state index in [4.69, 9.17) is 0 Å². The van der Waals surface area contributed by atoms with Crippen LogP contribution in [-0.2, 0) is 0 Å². The van der Waals surface area contributed by atoms with Gasteiger partial charge in [-0.1, -0.05) is 12.1 Å². The first kappa shape index (κ1) is 22.3. The average Bonchev–Trinajstić information content (AvgIpc) is 2.89. The number of alkyl halides is 3. The lowest BCUT2D eigenvalue weighted by Crippen LogP contribution is -2.31. The zero-order chi connectivity index (χ0) is 22.0. The molecule has 31 heavy (non-hydrogen) atoms. The van der Waals surface area contributed by atoms with E-state index in [1.54, 1.807) is 6.07 Å². The summed E-state index contributed by atoms with van der Waals surface area (Å²) in [5, 5.41) is 1.89. The van der Waals surface area contributed by atoms with Crippen LogP contribution in [0.5, 0.6) is 0 Å². The first-order chi connectivity index (χ1) is 14.9. The third-order valence-electron chi connectivity index (χ3n) is 6.21. The number of hydrogen-bond donors (Lipinski definition) is 0. The van der Waals surface area contributed by atoms with Gasteiger partial charge < -0.3 is 14.7 Å². The lowest BCUT2D eigenvalue weighted by Gasteiger charge is -2.26. The zero-order valence-electron chi connectivity index (χ0n) is 17.6. The Morgan fingerprint density at radius 3 is 2.52 bits per heavy atom. The second-order valence-electron chi connectivity index (χ2n) is 8.33. The van der Waals surface area contributed by atoms with Crippen LogP contribution in [0.1, 0.15) is 36.0 Å². The van der Waals surface area contributed by atoms with Crippen molar-refractivity contribution >= 4 is 37.3 Å². The topological polar surface area (TPSA) is 26.8 Å². The van der Waals surface area contributed by atoms with E-state index in [1.165, 1.54) is 11.3 Å². The molecule has 4 nitrogen and oxygen atoms in total. The molecule has 0 saturated carbocycles. The summed E-state index contributed by atoms with van der Waals surface area (Å²) in [6.07, 6.45) is -1.80. The molecule has 2 aliphatic rings. The second kappa shape index (κ2) is 9.33. The molecule has 0 N–H and O–H groups in total. The molecule has 1 amide bonds. The van der Waals surface area contributed by atoms with E-state index in [9.17, 15) is 18.0 Å². The summed E-state index contributed by atoms with van der Waals surface area (Å²) in [5.41, 5.74) is 2.44. The number of benzene rings is 2. The van der Waals surface area contributed by atoms with Crippen molar-refractivity contribution in [3.8, 4) is 0 Å². The molecule has 1 saturated heterocycles. The van der Waals surface area contributed by atoms with Crippen molar-refractivity contribution < 1.29 is 18.0 Å². The van der Waals surface area contributed by atoms with Gasteiger partial charge in [0.15, 0.2) is 0 Å². The van der Waals surface area contributed by atoms with Gasteiger partial charge in [-0.25, -0.2) is 0 Å². The van der Waals surface area contributed by atoms with E-state index in [2.05, 4.69) is 19.0 Å². The lowest BCUT2D eigenvalue weighted by molar-refractivity contribution is -0.135. The third-order valence-corrected chi connectivity index (χ3v) is 6.62. The molecule has 2 heterocycles. The molecular formula is C23H29F3N3OP. The van der Waals surface area contributed by atoms with Crippen LogP contribution in [0, 0.1) is 0 Å². The predicted octanol–water partition coefficient (Wildman–Crippen LogP) is 4.92. The highest BCUT2D eigenvalue weighted by molar-refractivity contribution is 7.16. The molecule has 2 aromatic carbocycles. The normalized spacial score (nSPS) is 17.6. The Morgan fingerprint density at radius 2 is 1.74 bits per heavy atom. The Hall–Kier alpha value is -1.85. The zero-order valence-corrected chi connectivity index (χ0v) is 18.8. The molecule has 0 spiro atoms. The number of anilines is 2. The molecule has 4 rings (SSSR count). The van der Waals surface area contributed by atoms with Crippen LogP contribution in [0.15, 0.2) is 30.3 Å². The number of rotatable bonds is 7. The molecule has 1 fully saturated rings. The summed E-state index contributed by atoms with van der Waals surface area (Å²) in [7, 11) is 2.79. The molecule has 0 radical (unpaired) electrons. The van der Waals surface area contributed by atoms with Gasteiger partial charge in [0, 0.05) is 54.6 Å². The average molecular weight is 451 g/mol. The summed E-state index contributed by atoms with van der Waals surface area (Å²) in [6.45, 7) is 5.18. The van der Waals surface area contributed by atoms with Crippen molar-refractivity contribution in [1.82, 2.24) is 4.90 Å². The van der Waals surface area contributed by atoms with Gasteiger partial charge >= 0.3 is 6.18 Å². The maximum atomic E-state index is 12.9. The number of hydrogen-bond acceptors (Lipinski definition) is 3. The Bertz CT molecular complexity index is 950. The summed E-state index contributed by atoms with van der Waals surface area (Å²) in [6, 6.07) is 9.65. The number of carbonyl (C=O) groups excluding carboxylic acids is 1. The minimum atomic E-state index is -4.20. The highest BCUT2D eigenvalue weighted by Crippen LogP contribution is 2.42. The number of amides is 1. The predicted molar refractivity (Wildman–Crippen MR) is 123 cm³/mol. The third kappa shape index (κ3) is 4.83. The van der Waals surface area contributed by atoms with Crippen LogP contribution in [0.2, 0.25) is 0 Å². The van der Waals surface area contributed by atoms with Crippen LogP contribution >= 0.6 is 9.24 Å². The fraction of sp³-hybridized carbons (Fsp3) is 0.522. The Kier molecular flexibility index (Phi) is 6.73. The number of carbonyl (C=O) groups is 1. The molecule has 0 aliphatic carbocycles. The molecule has 8 heteroatoms. The first-order valence-electron chi connectivity index (χ1n) is 11.0. The minimum absolute atomic E-state index is 0.0792. The molecule has 2 aromatic rings. The number of halogens is 3. The van der Waals surface area contributed by atoms with Crippen molar-refractivity contribution in [3.63, 3.8) is 0 Å². The Labute approximate surface area is 183 Å². The van der Waals surface area contributed by atoms with Gasteiger partial charge in [-0.15, -0.1) is 9.24 Å². The molecule has 1 atom stereocenters. The van der Waals surface area contributed by atoms with E-state index in [0.717, 1.165) is 67.5 Å². The van der Waals surface area contributed by atoms with Crippen LogP contribution < -0.4 is 9.80 Å². The van der Waals surface area contributed by atoms with Crippen LogP contribution in [0.25, 0.3) is 10.8 Å². The van der Waals surface area contributed by atoms with Crippen LogP contribution in [0.3, 0.4) is 0 Å². The fourth-order valence-electron chi connectivity index (χ4n) is 4.72. The van der Waals surface area contributed by atoms with Crippen LogP contribution in [-0.4, -0.2) is 62.4 Å². The summed E-state index contributed by atoms with van der Waals surface area (Å²) in [4.78, 5) is 19.4. The van der Waals surface area contributed by atoms with Crippen molar-refractivity contribution in [2.45, 2.75) is 31.9 Å². The molecule has 0 bridgehead atoms. The standard InChI is InChI=1S/C23H29F3N3OP/c24-23(25,26)9-2-13-29-20-8-7-19(17-5-1-6-18(21(17)20)22(29)30)28-12-3-10-27(14-15-28)11-4-16-31/h1,5-8H,2-4,9-16,31H2. The number of nitrogens with zero attached hydrogens (tertiary/aromatic N) is 3. The smallest absolute Gasteiger partial charge is 0.370 e. The van der Waals surface area contributed by atoms with Crippen molar-refractivity contribution in [3.05, 3.63) is 35.9 Å². The molecule has 0 aromatic heterocycles. The highest BCUT2D eigenvalue weighted by atomic mass is 31.0. The van der Waals surface area contributed by atoms with E-state index < -0.39 is 12.6 Å². The van der Waals surface area contributed by atoms with Gasteiger partial charge in [-0.2, -0.15) is 13.2 Å². The second-order valence-corrected chi connectivity index (χ2v) is 8.91. The van der Waals surface area contributed by atoms with Gasteiger partial charge in [-0.3, -0.25) is 4.79 Å². The maximum Gasteiger partial charge on any atom is 0.389 e. The van der Waals surface area contributed by atoms with Gasteiger partial charge in [0.05, 0.1) is 5.69 Å². The van der Waals surface area contributed by atoms with Crippen molar-refractivity contribution in [2.24, 2.45) is 0 Å². The SMILES string of the molecule is O=C1c2cccc3c(N4CCCN(CCCP)CC4)ccc(c23)N1CCCC(F)(F)F. The molecule has 168 valence electrons. The highest BCUT2D eigenvalue weighted by Gasteiger charge is 2.33. The van der Waals surface area contributed by atoms with E-state index in [-0.39, 0.29) is 18.9 Å². The first-order valence-corrected chi connectivity index (χ1v) is 11.8. The summed E-state index contributed by atoms with van der Waals surface area (Å²) < 4.78 is 37.8. The van der Waals surface area contributed by atoms with Gasteiger partial charge in [0.25, 0.3) is 5.91 Å². The lowest BCUT2D eigenvalue weighted by atomic mass is 10.0. The van der Waals surface area contributed by atoms with Crippen LogP contribution in [0.4, 0.5) is 24.5 Å². The summed E-state index contributed by atoms with van der Waals surface area (Å²) >= 11 is 0. The van der Waals surface area contributed by atoms with E-state index in [1.807, 2.05) is 24.3 Å². The molecular weight excluding hydrogens is 422 g/mol. The Balaban J connectivity index is 1.58. The fourth-order valence-corrected chi connectivity index (χ4v) is 4.90. The largest absolute Gasteiger partial charge is 0.389 e. The summed E-state index contributed by atoms with van der Waals surface area (Å²) in [5.74, 6) is -0.195. The van der Waals surface area contributed by atoms with Crippen molar-refractivity contribution in [2.75, 3.05) is 55.2 Å². The van der Waals surface area contributed by atoms with E-state index in [0.29, 0.717) is 5.56 Å². The minimum Gasteiger partial charge on any atom is -0.370 e. The quantitative estimate of drug-likeness (QED) is 0.559. The molecule has 1 unspecified atom stereocenters. The van der Waals surface area contributed by atoms with Gasteiger partial charge in [0.2, 0.25) is 0 Å². The van der Waals surface area contributed by atoms with Crippen molar-refractivity contribution in [1.29, 1.82) is 0 Å².